The van der Waals surface area contributed by atoms with Crippen LogP contribution in [0.5, 0.6) is 5.75 Å². The maximum absolute atomic E-state index is 13.8. The molecule has 0 aliphatic carbocycles. The van der Waals surface area contributed by atoms with E-state index < -0.39 is 10.0 Å². The van der Waals surface area contributed by atoms with Crippen LogP contribution in [-0.4, -0.2) is 58.1 Å². The Bertz CT molecular complexity index is 1160. The minimum atomic E-state index is -3.92. The van der Waals surface area contributed by atoms with Gasteiger partial charge >= 0.3 is 0 Å². The zero-order valence-corrected chi connectivity index (χ0v) is 20.5. The van der Waals surface area contributed by atoms with E-state index in [1.54, 1.807) is 24.3 Å². The number of nitrogens with one attached hydrogen (secondary N) is 1. The number of hydrogen-bond donors (Lipinski definition) is 1. The number of hydrogen-bond acceptors (Lipinski definition) is 5. The molecule has 0 saturated carbocycles. The number of nitrogens with zero attached hydrogens (tertiary/aromatic N) is 2. The molecule has 162 valence electrons. The highest BCUT2D eigenvalue weighted by Crippen LogP contribution is 2.36. The van der Waals surface area contributed by atoms with E-state index >= 15 is 0 Å². The van der Waals surface area contributed by atoms with Crippen molar-refractivity contribution in [1.29, 1.82) is 0 Å². The molecule has 0 aliphatic rings. The minimum absolute atomic E-state index is 0.0232. The van der Waals surface area contributed by atoms with E-state index in [1.165, 1.54) is 11.1 Å². The molecule has 1 aromatic heterocycles. The fourth-order valence-corrected chi connectivity index (χ4v) is 6.48. The second-order valence-electron chi connectivity index (χ2n) is 7.30. The van der Waals surface area contributed by atoms with Gasteiger partial charge in [-0.1, -0.05) is 29.8 Å². The molecule has 1 unspecified atom stereocenters. The molecule has 0 radical (unpaired) electrons. The van der Waals surface area contributed by atoms with Gasteiger partial charge < -0.3 is 15.0 Å². The first-order valence-corrected chi connectivity index (χ1v) is 12.0. The third kappa shape index (κ3) is 4.38. The summed E-state index contributed by atoms with van der Waals surface area (Å²) in [5.41, 5.74) is 1.11. The first kappa shape index (κ1) is 23.1. The van der Waals surface area contributed by atoms with Gasteiger partial charge in [0.05, 0.1) is 23.3 Å². The molecule has 0 bridgehead atoms. The number of likely N-dealkylation sites (N-methyl/N-ethyl adjacent to an activating group) is 2. The Labute approximate surface area is 190 Å². The third-order valence-electron chi connectivity index (χ3n) is 4.95. The van der Waals surface area contributed by atoms with Crippen LogP contribution < -0.4 is 10.1 Å². The van der Waals surface area contributed by atoms with Crippen molar-refractivity contribution in [1.82, 2.24) is 14.2 Å². The molecule has 0 spiro atoms. The highest BCUT2D eigenvalue weighted by atomic mass is 79.9. The predicted octanol–water partition coefficient (Wildman–Crippen LogP) is 3.99. The topological polar surface area (TPSA) is 63.6 Å². The van der Waals surface area contributed by atoms with Gasteiger partial charge in [0, 0.05) is 28.9 Å². The van der Waals surface area contributed by atoms with Gasteiger partial charge in [-0.3, -0.25) is 0 Å². The zero-order chi connectivity index (χ0) is 22.1. The lowest BCUT2D eigenvalue weighted by atomic mass is 10.1. The van der Waals surface area contributed by atoms with Crippen LogP contribution >= 0.6 is 27.5 Å². The molecule has 0 saturated heterocycles. The Morgan fingerprint density at radius 2 is 1.93 bits per heavy atom. The molecule has 6 nitrogen and oxygen atoms in total. The van der Waals surface area contributed by atoms with Gasteiger partial charge in [-0.25, -0.2) is 12.4 Å². The van der Waals surface area contributed by atoms with E-state index in [0.717, 1.165) is 6.54 Å². The van der Waals surface area contributed by atoms with Crippen molar-refractivity contribution in [3.8, 4) is 5.75 Å². The Morgan fingerprint density at radius 3 is 2.53 bits per heavy atom. The summed E-state index contributed by atoms with van der Waals surface area (Å²) < 4.78 is 34.6. The highest BCUT2D eigenvalue weighted by Gasteiger charge is 2.29. The van der Waals surface area contributed by atoms with Crippen LogP contribution in [0.2, 0.25) is 5.02 Å². The number of para-hydroxylation sites is 1. The Hall–Kier alpha value is -1.58. The molecule has 9 heteroatoms. The normalized spacial score (nSPS) is 13.2. The SMILES string of the molecule is CNC(Cc1c(Cl)c2ccccc2n1S(=O)(=O)c1ccc(OC)cc1Br)CN(C)C. The lowest BCUT2D eigenvalue weighted by Crippen LogP contribution is -2.38. The summed E-state index contributed by atoms with van der Waals surface area (Å²) in [7, 11) is 3.44. The number of ether oxygens (including phenoxy) is 1. The maximum Gasteiger partial charge on any atom is 0.269 e. The zero-order valence-electron chi connectivity index (χ0n) is 17.3. The Kier molecular flexibility index (Phi) is 7.14. The van der Waals surface area contributed by atoms with Crippen LogP contribution in [0.15, 0.2) is 51.8 Å². The molecular weight excluding hydrogens is 490 g/mol. The fourth-order valence-electron chi connectivity index (χ4n) is 3.52. The van der Waals surface area contributed by atoms with Crippen LogP contribution in [0.3, 0.4) is 0 Å². The van der Waals surface area contributed by atoms with E-state index in [0.29, 0.717) is 38.3 Å². The molecule has 1 N–H and O–H groups in total. The maximum atomic E-state index is 13.8. The quantitative estimate of drug-likeness (QED) is 0.492. The number of halogens is 2. The molecular formula is C21H25BrClN3O3S. The van der Waals surface area contributed by atoms with E-state index in [2.05, 4.69) is 26.1 Å². The Morgan fingerprint density at radius 1 is 1.23 bits per heavy atom. The van der Waals surface area contributed by atoms with Gasteiger partial charge in [-0.15, -0.1) is 0 Å². The summed E-state index contributed by atoms with van der Waals surface area (Å²) in [6.45, 7) is 0.737. The van der Waals surface area contributed by atoms with Crippen molar-refractivity contribution < 1.29 is 13.2 Å². The molecule has 0 fully saturated rings. The van der Waals surface area contributed by atoms with Crippen LogP contribution in [0, 0.1) is 0 Å². The van der Waals surface area contributed by atoms with Crippen LogP contribution in [0.1, 0.15) is 5.69 Å². The second kappa shape index (κ2) is 9.28. The minimum Gasteiger partial charge on any atom is -0.497 e. The molecule has 0 amide bonds. The molecule has 30 heavy (non-hydrogen) atoms. The Balaban J connectivity index is 2.24. The van der Waals surface area contributed by atoms with Crippen molar-refractivity contribution in [2.24, 2.45) is 0 Å². The van der Waals surface area contributed by atoms with Crippen molar-refractivity contribution in [2.45, 2.75) is 17.4 Å². The molecule has 0 aliphatic heterocycles. The first-order valence-electron chi connectivity index (χ1n) is 9.39. The number of methoxy groups -OCH3 is 1. The van der Waals surface area contributed by atoms with Crippen molar-refractivity contribution in [3.05, 3.63) is 57.7 Å². The smallest absolute Gasteiger partial charge is 0.269 e. The van der Waals surface area contributed by atoms with Gasteiger partial charge in [0.1, 0.15) is 10.6 Å². The number of rotatable bonds is 8. The van der Waals surface area contributed by atoms with Crippen LogP contribution in [-0.2, 0) is 16.4 Å². The third-order valence-corrected chi connectivity index (χ3v) is 8.10. The summed E-state index contributed by atoms with van der Waals surface area (Å²) in [5.74, 6) is 0.567. The summed E-state index contributed by atoms with van der Waals surface area (Å²) in [6, 6.07) is 12.1. The number of benzene rings is 2. The van der Waals surface area contributed by atoms with Crippen molar-refractivity contribution in [3.63, 3.8) is 0 Å². The first-order chi connectivity index (χ1) is 14.2. The predicted molar refractivity (Wildman–Crippen MR) is 125 cm³/mol. The monoisotopic (exact) mass is 513 g/mol. The molecule has 3 rings (SSSR count). The molecule has 1 heterocycles. The second-order valence-corrected chi connectivity index (χ2v) is 10.3. The fraction of sp³-hybridized carbons (Fsp3) is 0.333. The highest BCUT2D eigenvalue weighted by molar-refractivity contribution is 9.10. The molecule has 3 aromatic rings. The number of fused-ring (bicyclic) bond motifs is 1. The van der Waals surface area contributed by atoms with Crippen molar-refractivity contribution >= 4 is 48.5 Å². The van der Waals surface area contributed by atoms with Gasteiger partial charge in [0.15, 0.2) is 0 Å². The summed E-state index contributed by atoms with van der Waals surface area (Å²) in [6.07, 6.45) is 0.454. The average Bonchev–Trinajstić information content (AvgIpc) is 2.99. The number of aromatic nitrogens is 1. The van der Waals surface area contributed by atoms with Crippen LogP contribution in [0.25, 0.3) is 10.9 Å². The van der Waals surface area contributed by atoms with Gasteiger partial charge in [0.2, 0.25) is 0 Å². The van der Waals surface area contributed by atoms with Gasteiger partial charge in [0.25, 0.3) is 10.0 Å². The largest absolute Gasteiger partial charge is 0.497 e. The van der Waals surface area contributed by atoms with E-state index in [4.69, 9.17) is 16.3 Å². The summed E-state index contributed by atoms with van der Waals surface area (Å²) in [4.78, 5) is 2.20. The van der Waals surface area contributed by atoms with E-state index in [9.17, 15) is 8.42 Å². The summed E-state index contributed by atoms with van der Waals surface area (Å²) in [5, 5.41) is 4.43. The van der Waals surface area contributed by atoms with Crippen molar-refractivity contribution in [2.75, 3.05) is 34.8 Å². The van der Waals surface area contributed by atoms with Gasteiger partial charge in [-0.2, -0.15) is 0 Å². The summed E-state index contributed by atoms with van der Waals surface area (Å²) >= 11 is 10.1. The lowest BCUT2D eigenvalue weighted by Gasteiger charge is -2.22. The van der Waals surface area contributed by atoms with E-state index in [-0.39, 0.29) is 10.9 Å². The van der Waals surface area contributed by atoms with E-state index in [1.807, 2.05) is 39.3 Å². The molecule has 2 aromatic carbocycles. The average molecular weight is 515 g/mol. The van der Waals surface area contributed by atoms with Gasteiger partial charge in [-0.05, 0) is 61.3 Å². The lowest BCUT2D eigenvalue weighted by molar-refractivity contribution is 0.345. The molecule has 1 atom stereocenters. The standard InChI is InChI=1S/C21H25BrClN3O3S/c1-24-14(13-25(2)3)11-19-21(23)16-7-5-6-8-18(16)26(19)30(27,28)20-10-9-15(29-4)12-17(20)22/h5-10,12,14,24H,11,13H2,1-4H3. The van der Waals surface area contributed by atoms with Crippen LogP contribution in [0.4, 0.5) is 0 Å².